The summed E-state index contributed by atoms with van der Waals surface area (Å²) in [4.78, 5) is 19.8. The zero-order chi connectivity index (χ0) is 19.1. The molecule has 24 heavy (non-hydrogen) atoms. The zero-order valence-corrected chi connectivity index (χ0v) is 14.4. The fourth-order valence-electron chi connectivity index (χ4n) is 1.35. The first-order chi connectivity index (χ1) is 11.5. The van der Waals surface area contributed by atoms with Gasteiger partial charge in [-0.15, -0.1) is 0 Å². The molecule has 0 aliphatic heterocycles. The monoisotopic (exact) mass is 354 g/mol. The van der Waals surface area contributed by atoms with Gasteiger partial charge in [0.05, 0.1) is 0 Å². The van der Waals surface area contributed by atoms with E-state index in [0.29, 0.717) is 12.8 Å². The molecule has 0 radical (unpaired) electrons. The number of carboxylic acid groups (broad SMARTS) is 2. The molecule has 8 nitrogen and oxygen atoms in total. The Morgan fingerprint density at radius 1 is 0.458 bits per heavy atom. The maximum Gasteiger partial charge on any atom is 0.303 e. The number of aliphatic hydroxyl groups is 4. The van der Waals surface area contributed by atoms with Gasteiger partial charge in [-0.3, -0.25) is 9.59 Å². The molecule has 0 saturated carbocycles. The molecule has 0 atom stereocenters. The molecular weight excluding hydrogens is 320 g/mol. The van der Waals surface area contributed by atoms with Gasteiger partial charge in [-0.1, -0.05) is 12.8 Å². The maximum atomic E-state index is 9.90. The van der Waals surface area contributed by atoms with Crippen LogP contribution in [0.5, 0.6) is 0 Å². The van der Waals surface area contributed by atoms with E-state index in [0.717, 1.165) is 38.5 Å². The highest BCUT2D eigenvalue weighted by molar-refractivity contribution is 5.67. The molecule has 146 valence electrons. The molecular formula is C16H34O8. The van der Waals surface area contributed by atoms with E-state index in [1.807, 2.05) is 0 Å². The molecule has 0 bridgehead atoms. The smallest absolute Gasteiger partial charge is 0.303 e. The summed E-state index contributed by atoms with van der Waals surface area (Å²) in [5.41, 5.74) is 0. The van der Waals surface area contributed by atoms with E-state index in [9.17, 15) is 9.59 Å². The van der Waals surface area contributed by atoms with Crippen LogP contribution >= 0.6 is 0 Å². The van der Waals surface area contributed by atoms with E-state index in [1.165, 1.54) is 0 Å². The summed E-state index contributed by atoms with van der Waals surface area (Å²) in [7, 11) is 0. The lowest BCUT2D eigenvalue weighted by molar-refractivity contribution is -0.139. The predicted molar refractivity (Wildman–Crippen MR) is 89.8 cm³/mol. The Kier molecular flexibility index (Phi) is 30.7. The van der Waals surface area contributed by atoms with Gasteiger partial charge >= 0.3 is 11.9 Å². The number of unbranched alkanes of at least 4 members (excludes halogenated alkanes) is 5. The summed E-state index contributed by atoms with van der Waals surface area (Å²) in [6.45, 7) is 0.956. The summed E-state index contributed by atoms with van der Waals surface area (Å²) < 4.78 is 0. The van der Waals surface area contributed by atoms with E-state index in [1.54, 1.807) is 0 Å². The molecule has 0 saturated heterocycles. The Hall–Kier alpha value is -1.22. The van der Waals surface area contributed by atoms with Gasteiger partial charge in [0, 0.05) is 39.3 Å². The highest BCUT2D eigenvalue weighted by Gasteiger charge is 1.99. The van der Waals surface area contributed by atoms with Gasteiger partial charge in [0.2, 0.25) is 0 Å². The number of aliphatic hydroxyl groups excluding tert-OH is 4. The second-order valence-corrected chi connectivity index (χ2v) is 5.01. The lowest BCUT2D eigenvalue weighted by Gasteiger charge is -1.93. The quantitative estimate of drug-likeness (QED) is 0.268. The topological polar surface area (TPSA) is 156 Å². The molecule has 0 aliphatic carbocycles. The van der Waals surface area contributed by atoms with Crippen molar-refractivity contribution in [2.24, 2.45) is 0 Å². The summed E-state index contributed by atoms with van der Waals surface area (Å²) in [6, 6.07) is 0. The molecule has 0 aromatic carbocycles. The van der Waals surface area contributed by atoms with Gasteiger partial charge in [0.15, 0.2) is 0 Å². The molecule has 0 aliphatic rings. The lowest BCUT2D eigenvalue weighted by Crippen LogP contribution is -1.97. The van der Waals surface area contributed by atoms with Crippen molar-refractivity contribution in [3.8, 4) is 0 Å². The van der Waals surface area contributed by atoms with Gasteiger partial charge in [0.1, 0.15) is 0 Å². The third-order valence-corrected chi connectivity index (χ3v) is 2.66. The molecule has 0 unspecified atom stereocenters. The van der Waals surface area contributed by atoms with Crippen LogP contribution in [0, 0.1) is 0 Å². The van der Waals surface area contributed by atoms with Crippen molar-refractivity contribution in [3.05, 3.63) is 0 Å². The first kappa shape index (κ1) is 27.6. The van der Waals surface area contributed by atoms with Crippen LogP contribution in [0.15, 0.2) is 0 Å². The van der Waals surface area contributed by atoms with Crippen molar-refractivity contribution < 1.29 is 40.2 Å². The van der Waals surface area contributed by atoms with E-state index in [-0.39, 0.29) is 39.3 Å². The number of aliphatic carboxylic acids is 2. The number of carboxylic acids is 2. The van der Waals surface area contributed by atoms with Gasteiger partial charge in [-0.25, -0.2) is 0 Å². The van der Waals surface area contributed by atoms with Crippen LogP contribution in [0.25, 0.3) is 0 Å². The van der Waals surface area contributed by atoms with Crippen molar-refractivity contribution in [3.63, 3.8) is 0 Å². The first-order valence-corrected chi connectivity index (χ1v) is 8.33. The Labute approximate surface area is 143 Å². The fourth-order valence-corrected chi connectivity index (χ4v) is 1.35. The van der Waals surface area contributed by atoms with Gasteiger partial charge < -0.3 is 30.6 Å². The van der Waals surface area contributed by atoms with E-state index in [4.69, 9.17) is 30.6 Å². The highest BCUT2D eigenvalue weighted by Crippen LogP contribution is 1.98. The van der Waals surface area contributed by atoms with Gasteiger partial charge in [-0.2, -0.15) is 0 Å². The zero-order valence-electron chi connectivity index (χ0n) is 14.4. The van der Waals surface area contributed by atoms with Crippen molar-refractivity contribution in [2.45, 2.75) is 64.2 Å². The van der Waals surface area contributed by atoms with Crippen molar-refractivity contribution >= 4 is 11.9 Å². The van der Waals surface area contributed by atoms with Crippen molar-refractivity contribution in [2.75, 3.05) is 26.4 Å². The Balaban J connectivity index is -0.000000285. The molecule has 0 amide bonds. The molecule has 0 aromatic heterocycles. The van der Waals surface area contributed by atoms with Crippen LogP contribution in [0.2, 0.25) is 0 Å². The molecule has 8 heteroatoms. The Bertz CT molecular complexity index is 232. The number of hydrogen-bond donors (Lipinski definition) is 6. The van der Waals surface area contributed by atoms with E-state index >= 15 is 0 Å². The van der Waals surface area contributed by atoms with Crippen LogP contribution in [-0.4, -0.2) is 69.0 Å². The summed E-state index contributed by atoms with van der Waals surface area (Å²) in [6.07, 6.45) is 6.28. The minimum Gasteiger partial charge on any atom is -0.481 e. The van der Waals surface area contributed by atoms with Crippen LogP contribution in [0.4, 0.5) is 0 Å². The second-order valence-electron chi connectivity index (χ2n) is 5.01. The standard InChI is InChI=1S/C6H10O4.C6H14O2.C4H10O2/c7-5(8)3-1-2-4-6(9)10;7-5-3-1-2-4-6-8;5-3-1-2-4-6/h1-4H2,(H,7,8)(H,9,10);7-8H,1-6H2;5-6H,1-4H2. The summed E-state index contributed by atoms with van der Waals surface area (Å²) in [5, 5.41) is 49.0. The van der Waals surface area contributed by atoms with Gasteiger partial charge in [0.25, 0.3) is 0 Å². The minimum atomic E-state index is -0.870. The van der Waals surface area contributed by atoms with Crippen molar-refractivity contribution in [1.82, 2.24) is 0 Å². The maximum absolute atomic E-state index is 9.90. The normalized spacial score (nSPS) is 9.33. The van der Waals surface area contributed by atoms with Crippen molar-refractivity contribution in [1.29, 1.82) is 0 Å². The Morgan fingerprint density at radius 2 is 0.708 bits per heavy atom. The third-order valence-electron chi connectivity index (χ3n) is 2.66. The molecule has 0 aromatic rings. The number of hydrogen-bond acceptors (Lipinski definition) is 6. The first-order valence-electron chi connectivity index (χ1n) is 8.33. The Morgan fingerprint density at radius 3 is 0.917 bits per heavy atom. The van der Waals surface area contributed by atoms with E-state index in [2.05, 4.69) is 0 Å². The molecule has 0 fully saturated rings. The average molecular weight is 354 g/mol. The lowest BCUT2D eigenvalue weighted by atomic mass is 10.2. The second kappa shape index (κ2) is 26.7. The van der Waals surface area contributed by atoms with E-state index < -0.39 is 11.9 Å². The predicted octanol–water partition coefficient (Wildman–Crippen LogP) is 0.999. The van der Waals surface area contributed by atoms with Crippen LogP contribution in [-0.2, 0) is 9.59 Å². The van der Waals surface area contributed by atoms with Crippen LogP contribution in [0.3, 0.4) is 0 Å². The average Bonchev–Trinajstić information content (AvgIpc) is 2.55. The largest absolute Gasteiger partial charge is 0.481 e. The van der Waals surface area contributed by atoms with Crippen LogP contribution < -0.4 is 0 Å². The fraction of sp³-hybridized carbons (Fsp3) is 0.875. The number of rotatable bonds is 13. The molecule has 0 heterocycles. The van der Waals surface area contributed by atoms with Crippen LogP contribution in [0.1, 0.15) is 64.2 Å². The molecule has 0 rings (SSSR count). The SMILES string of the molecule is O=C(O)CCCCC(=O)O.OCCCCCCO.OCCCCO. The summed E-state index contributed by atoms with van der Waals surface area (Å²) >= 11 is 0. The number of carbonyl (C=O) groups is 2. The summed E-state index contributed by atoms with van der Waals surface area (Å²) in [5.74, 6) is -1.74. The molecule has 6 N–H and O–H groups in total. The van der Waals surface area contributed by atoms with Gasteiger partial charge in [-0.05, 0) is 38.5 Å². The third kappa shape index (κ3) is 42.8. The minimum absolute atomic E-state index is 0.0628. The molecule has 0 spiro atoms. The highest BCUT2D eigenvalue weighted by atomic mass is 16.4.